The summed E-state index contributed by atoms with van der Waals surface area (Å²) in [5, 5.41) is 6.03. The second-order valence-electron chi connectivity index (χ2n) is 7.69. The number of rotatable bonds is 4. The van der Waals surface area contributed by atoms with Crippen LogP contribution in [-0.2, 0) is 11.2 Å². The van der Waals surface area contributed by atoms with Gasteiger partial charge in [-0.15, -0.1) is 0 Å². The maximum absolute atomic E-state index is 13.0. The van der Waals surface area contributed by atoms with Gasteiger partial charge < -0.3 is 14.5 Å². The molecule has 0 aliphatic carbocycles. The molecule has 0 unspecified atom stereocenters. The first kappa shape index (κ1) is 19.1. The van der Waals surface area contributed by atoms with Crippen molar-refractivity contribution >= 4 is 44.4 Å². The Kier molecular flexibility index (Phi) is 4.59. The smallest absolute Gasteiger partial charge is 0.228 e. The largest absolute Gasteiger partial charge is 0.495 e. The van der Waals surface area contributed by atoms with Crippen LogP contribution in [0.1, 0.15) is 16.8 Å². The number of para-hydroxylation sites is 2. The van der Waals surface area contributed by atoms with Crippen molar-refractivity contribution in [1.29, 1.82) is 0 Å². The minimum absolute atomic E-state index is 0.128. The maximum Gasteiger partial charge on any atom is 0.228 e. The standard InChI is InChI=1S/C26H22N2O3/c1-15-17-8-4-6-10-21(17)27-16(2)19(15)13-26(29)28-22-14-24-20(12-25(22)30-3)18-9-5-7-11-23(18)31-24/h4-12,14H,13H2,1-3H3,(H,28,29). The number of aromatic nitrogens is 1. The first-order valence-electron chi connectivity index (χ1n) is 10.2. The number of benzene rings is 3. The van der Waals surface area contributed by atoms with E-state index in [-0.39, 0.29) is 12.3 Å². The van der Waals surface area contributed by atoms with Crippen molar-refractivity contribution in [2.75, 3.05) is 12.4 Å². The highest BCUT2D eigenvalue weighted by molar-refractivity contribution is 6.08. The fraction of sp³-hybridized carbons (Fsp3) is 0.154. The Morgan fingerprint density at radius 3 is 2.52 bits per heavy atom. The molecule has 1 amide bonds. The zero-order chi connectivity index (χ0) is 21.5. The number of nitrogens with zero attached hydrogens (tertiary/aromatic N) is 1. The number of hydrogen-bond acceptors (Lipinski definition) is 4. The molecule has 0 saturated heterocycles. The SMILES string of the molecule is COc1cc2c(cc1NC(=O)Cc1c(C)nc3ccccc3c1C)oc1ccccc12. The molecule has 0 spiro atoms. The maximum atomic E-state index is 13.0. The molecule has 0 bridgehead atoms. The summed E-state index contributed by atoms with van der Waals surface area (Å²) >= 11 is 0. The Bertz CT molecular complexity index is 1470. The molecular weight excluding hydrogens is 388 g/mol. The third-order valence-electron chi connectivity index (χ3n) is 5.80. The van der Waals surface area contributed by atoms with Crippen LogP contribution in [0.15, 0.2) is 65.1 Å². The summed E-state index contributed by atoms with van der Waals surface area (Å²) in [5.41, 5.74) is 5.93. The number of furan rings is 1. The summed E-state index contributed by atoms with van der Waals surface area (Å²) in [7, 11) is 1.60. The number of carbonyl (C=O) groups is 1. The highest BCUT2D eigenvalue weighted by atomic mass is 16.5. The number of fused-ring (bicyclic) bond motifs is 4. The van der Waals surface area contributed by atoms with Crippen LogP contribution in [0, 0.1) is 13.8 Å². The molecule has 0 atom stereocenters. The number of nitrogens with one attached hydrogen (secondary N) is 1. The fourth-order valence-electron chi connectivity index (χ4n) is 4.20. The van der Waals surface area contributed by atoms with Gasteiger partial charge in [0.15, 0.2) is 0 Å². The lowest BCUT2D eigenvalue weighted by atomic mass is 9.99. The number of amides is 1. The second-order valence-corrected chi connectivity index (χ2v) is 7.69. The van der Waals surface area contributed by atoms with E-state index in [1.165, 1.54) is 0 Å². The van der Waals surface area contributed by atoms with E-state index < -0.39 is 0 Å². The van der Waals surface area contributed by atoms with Crippen molar-refractivity contribution in [1.82, 2.24) is 4.98 Å². The average Bonchev–Trinajstić information content (AvgIpc) is 3.13. The minimum atomic E-state index is -0.128. The third-order valence-corrected chi connectivity index (χ3v) is 5.80. The third kappa shape index (κ3) is 3.28. The molecule has 5 nitrogen and oxygen atoms in total. The van der Waals surface area contributed by atoms with Gasteiger partial charge in [0.05, 0.1) is 24.7 Å². The first-order valence-corrected chi connectivity index (χ1v) is 10.2. The Morgan fingerprint density at radius 2 is 1.71 bits per heavy atom. The number of anilines is 1. The van der Waals surface area contributed by atoms with E-state index in [0.29, 0.717) is 17.0 Å². The quantitative estimate of drug-likeness (QED) is 0.398. The summed E-state index contributed by atoms with van der Waals surface area (Å²) in [6.07, 6.45) is 0.233. The van der Waals surface area contributed by atoms with Crippen LogP contribution >= 0.6 is 0 Å². The van der Waals surface area contributed by atoms with E-state index in [4.69, 9.17) is 9.15 Å². The number of ether oxygens (including phenoxy) is 1. The molecule has 2 heterocycles. The van der Waals surface area contributed by atoms with Gasteiger partial charge >= 0.3 is 0 Å². The fourth-order valence-corrected chi connectivity index (χ4v) is 4.20. The minimum Gasteiger partial charge on any atom is -0.495 e. The lowest BCUT2D eigenvalue weighted by Gasteiger charge is -2.14. The number of carbonyl (C=O) groups excluding carboxylic acids is 1. The van der Waals surface area contributed by atoms with Crippen LogP contribution in [0.25, 0.3) is 32.8 Å². The van der Waals surface area contributed by atoms with Crippen LogP contribution in [0.3, 0.4) is 0 Å². The van der Waals surface area contributed by atoms with E-state index in [1.807, 2.05) is 74.5 Å². The number of hydrogen-bond donors (Lipinski definition) is 1. The first-order chi connectivity index (χ1) is 15.0. The van der Waals surface area contributed by atoms with E-state index in [1.54, 1.807) is 7.11 Å². The number of aryl methyl sites for hydroxylation is 2. The van der Waals surface area contributed by atoms with Gasteiger partial charge in [-0.05, 0) is 43.2 Å². The molecule has 0 aliphatic heterocycles. The molecule has 2 aromatic heterocycles. The van der Waals surface area contributed by atoms with Crippen molar-refractivity contribution in [3.63, 3.8) is 0 Å². The zero-order valence-electron chi connectivity index (χ0n) is 17.7. The van der Waals surface area contributed by atoms with E-state index in [2.05, 4.69) is 10.3 Å². The van der Waals surface area contributed by atoms with E-state index in [9.17, 15) is 4.79 Å². The predicted molar refractivity (Wildman–Crippen MR) is 124 cm³/mol. The molecule has 154 valence electrons. The summed E-state index contributed by atoms with van der Waals surface area (Å²) in [4.78, 5) is 17.6. The van der Waals surface area contributed by atoms with Crippen molar-refractivity contribution in [2.24, 2.45) is 0 Å². The van der Waals surface area contributed by atoms with Crippen molar-refractivity contribution in [2.45, 2.75) is 20.3 Å². The Balaban J connectivity index is 1.49. The molecule has 0 aliphatic rings. The van der Waals surface area contributed by atoms with Crippen LogP contribution in [0.4, 0.5) is 5.69 Å². The Morgan fingerprint density at radius 1 is 0.968 bits per heavy atom. The Labute approximate surface area is 179 Å². The van der Waals surface area contributed by atoms with Crippen molar-refractivity contribution < 1.29 is 13.9 Å². The van der Waals surface area contributed by atoms with Crippen molar-refractivity contribution in [3.05, 3.63) is 77.5 Å². The predicted octanol–water partition coefficient (Wildman–Crippen LogP) is 5.94. The molecule has 3 aromatic carbocycles. The van der Waals surface area contributed by atoms with E-state index in [0.717, 1.165) is 44.1 Å². The van der Waals surface area contributed by atoms with Crippen LogP contribution in [-0.4, -0.2) is 18.0 Å². The molecular formula is C26H22N2O3. The van der Waals surface area contributed by atoms with E-state index >= 15 is 0 Å². The molecule has 1 N–H and O–H groups in total. The lowest BCUT2D eigenvalue weighted by Crippen LogP contribution is -2.17. The molecule has 0 radical (unpaired) electrons. The molecule has 0 saturated carbocycles. The van der Waals surface area contributed by atoms with Gasteiger partial charge in [0.2, 0.25) is 5.91 Å². The second kappa shape index (κ2) is 7.43. The topological polar surface area (TPSA) is 64.4 Å². The monoisotopic (exact) mass is 410 g/mol. The Hall–Kier alpha value is -3.86. The van der Waals surface area contributed by atoms with Crippen molar-refractivity contribution in [3.8, 4) is 5.75 Å². The number of pyridine rings is 1. The van der Waals surface area contributed by atoms with Crippen LogP contribution < -0.4 is 10.1 Å². The molecule has 5 rings (SSSR count). The summed E-state index contributed by atoms with van der Waals surface area (Å²) in [6.45, 7) is 3.99. The van der Waals surface area contributed by atoms with Crippen LogP contribution in [0.5, 0.6) is 5.75 Å². The zero-order valence-corrected chi connectivity index (χ0v) is 17.7. The highest BCUT2D eigenvalue weighted by Crippen LogP contribution is 2.36. The molecule has 5 heteroatoms. The highest BCUT2D eigenvalue weighted by Gasteiger charge is 2.17. The van der Waals surface area contributed by atoms with Gasteiger partial charge in [-0.2, -0.15) is 0 Å². The van der Waals surface area contributed by atoms with Gasteiger partial charge in [-0.1, -0.05) is 36.4 Å². The average molecular weight is 410 g/mol. The van der Waals surface area contributed by atoms with Gasteiger partial charge in [0, 0.05) is 27.9 Å². The van der Waals surface area contributed by atoms with Gasteiger partial charge in [-0.3, -0.25) is 9.78 Å². The van der Waals surface area contributed by atoms with Gasteiger partial charge in [0.25, 0.3) is 0 Å². The normalized spacial score (nSPS) is 11.3. The number of methoxy groups -OCH3 is 1. The summed E-state index contributed by atoms with van der Waals surface area (Å²) in [6, 6.07) is 19.6. The molecule has 31 heavy (non-hydrogen) atoms. The summed E-state index contributed by atoms with van der Waals surface area (Å²) < 4.78 is 11.5. The van der Waals surface area contributed by atoms with Gasteiger partial charge in [0.1, 0.15) is 16.9 Å². The molecule has 5 aromatic rings. The lowest BCUT2D eigenvalue weighted by molar-refractivity contribution is -0.115. The summed E-state index contributed by atoms with van der Waals surface area (Å²) in [5.74, 6) is 0.467. The van der Waals surface area contributed by atoms with Gasteiger partial charge in [-0.25, -0.2) is 0 Å². The molecule has 0 fully saturated rings. The van der Waals surface area contributed by atoms with Crippen LogP contribution in [0.2, 0.25) is 0 Å².